The van der Waals surface area contributed by atoms with E-state index in [1.165, 1.54) is 48.5 Å². The average Bonchev–Trinajstić information content (AvgIpc) is 2.44. The van der Waals surface area contributed by atoms with Crippen LogP contribution in [0.25, 0.3) is 0 Å². The van der Waals surface area contributed by atoms with Gasteiger partial charge in [-0.3, -0.25) is 4.79 Å². The minimum atomic E-state index is -0.759. The standard InChI is InChI=1S/C15H13F2NO2/c1-10(20-14-8-4-12(17)5-9-14)15(19)18-13-6-2-11(16)3-7-13/h2-10H,1H3,(H,18,19). The van der Waals surface area contributed by atoms with Crippen LogP contribution in [0.1, 0.15) is 6.92 Å². The largest absolute Gasteiger partial charge is 0.481 e. The monoisotopic (exact) mass is 277 g/mol. The maximum atomic E-state index is 12.7. The maximum Gasteiger partial charge on any atom is 0.265 e. The van der Waals surface area contributed by atoms with Gasteiger partial charge in [-0.1, -0.05) is 0 Å². The lowest BCUT2D eigenvalue weighted by atomic mass is 10.3. The summed E-state index contributed by atoms with van der Waals surface area (Å²) in [5, 5.41) is 2.60. The van der Waals surface area contributed by atoms with Gasteiger partial charge in [-0.05, 0) is 55.5 Å². The fraction of sp³-hybridized carbons (Fsp3) is 0.133. The molecule has 20 heavy (non-hydrogen) atoms. The van der Waals surface area contributed by atoms with Gasteiger partial charge in [-0.25, -0.2) is 8.78 Å². The average molecular weight is 277 g/mol. The highest BCUT2D eigenvalue weighted by Gasteiger charge is 2.14. The molecule has 0 aliphatic carbocycles. The van der Waals surface area contributed by atoms with Crippen LogP contribution in [0.5, 0.6) is 5.75 Å². The number of halogens is 2. The van der Waals surface area contributed by atoms with Crippen LogP contribution in [0.15, 0.2) is 48.5 Å². The molecule has 0 aliphatic heterocycles. The zero-order valence-electron chi connectivity index (χ0n) is 10.8. The number of benzene rings is 2. The van der Waals surface area contributed by atoms with Crippen LogP contribution in [0.3, 0.4) is 0 Å². The first-order chi connectivity index (χ1) is 9.54. The van der Waals surface area contributed by atoms with E-state index >= 15 is 0 Å². The van der Waals surface area contributed by atoms with Crippen molar-refractivity contribution >= 4 is 11.6 Å². The van der Waals surface area contributed by atoms with Crippen molar-refractivity contribution in [3.05, 3.63) is 60.2 Å². The Morgan fingerprint density at radius 1 is 1.00 bits per heavy atom. The summed E-state index contributed by atoms with van der Waals surface area (Å²) in [6.45, 7) is 1.57. The van der Waals surface area contributed by atoms with Gasteiger partial charge in [0, 0.05) is 5.69 Å². The molecule has 0 fully saturated rings. The van der Waals surface area contributed by atoms with Gasteiger partial charge >= 0.3 is 0 Å². The minimum absolute atomic E-state index is 0.374. The Labute approximate surface area is 115 Å². The molecule has 0 saturated heterocycles. The number of nitrogens with one attached hydrogen (secondary N) is 1. The zero-order valence-corrected chi connectivity index (χ0v) is 10.8. The molecule has 0 saturated carbocycles. The molecular weight excluding hydrogens is 264 g/mol. The molecule has 1 amide bonds. The van der Waals surface area contributed by atoms with E-state index < -0.39 is 6.10 Å². The van der Waals surface area contributed by atoms with Gasteiger partial charge in [0.15, 0.2) is 6.10 Å². The highest BCUT2D eigenvalue weighted by atomic mass is 19.1. The molecule has 0 radical (unpaired) electrons. The SMILES string of the molecule is CC(Oc1ccc(F)cc1)C(=O)Nc1ccc(F)cc1. The third kappa shape index (κ3) is 3.78. The summed E-state index contributed by atoms with van der Waals surface area (Å²) in [5.41, 5.74) is 0.478. The molecule has 1 unspecified atom stereocenters. The van der Waals surface area contributed by atoms with Crippen LogP contribution in [0.2, 0.25) is 0 Å². The third-order valence-electron chi connectivity index (χ3n) is 2.61. The van der Waals surface area contributed by atoms with Gasteiger partial charge in [0.05, 0.1) is 0 Å². The second kappa shape index (κ2) is 6.14. The summed E-state index contributed by atoms with van der Waals surface area (Å²) < 4.78 is 30.8. The first-order valence-electron chi connectivity index (χ1n) is 6.03. The number of carbonyl (C=O) groups is 1. The lowest BCUT2D eigenvalue weighted by molar-refractivity contribution is -0.122. The molecule has 0 bridgehead atoms. The summed E-state index contributed by atoms with van der Waals surface area (Å²) >= 11 is 0. The Kier molecular flexibility index (Phi) is 4.30. The fourth-order valence-electron chi connectivity index (χ4n) is 1.55. The summed E-state index contributed by atoms with van der Waals surface area (Å²) in [4.78, 5) is 11.9. The molecule has 2 aromatic carbocycles. The van der Waals surface area contributed by atoms with Gasteiger partial charge in [0.25, 0.3) is 5.91 Å². The number of carbonyl (C=O) groups excluding carboxylic acids is 1. The third-order valence-corrected chi connectivity index (χ3v) is 2.61. The molecule has 3 nitrogen and oxygen atoms in total. The van der Waals surface area contributed by atoms with E-state index in [9.17, 15) is 13.6 Å². The van der Waals surface area contributed by atoms with E-state index in [0.29, 0.717) is 11.4 Å². The molecule has 0 aliphatic rings. The van der Waals surface area contributed by atoms with Crippen LogP contribution < -0.4 is 10.1 Å². The Bertz CT molecular complexity index is 582. The van der Waals surface area contributed by atoms with Crippen molar-refractivity contribution in [1.29, 1.82) is 0 Å². The van der Waals surface area contributed by atoms with E-state index in [0.717, 1.165) is 0 Å². The van der Waals surface area contributed by atoms with E-state index in [-0.39, 0.29) is 17.5 Å². The van der Waals surface area contributed by atoms with Crippen LogP contribution in [-0.2, 0) is 4.79 Å². The molecule has 0 heterocycles. The van der Waals surface area contributed by atoms with Crippen molar-refractivity contribution in [2.45, 2.75) is 13.0 Å². The molecule has 1 N–H and O–H groups in total. The topological polar surface area (TPSA) is 38.3 Å². The van der Waals surface area contributed by atoms with Crippen LogP contribution >= 0.6 is 0 Å². The van der Waals surface area contributed by atoms with Crippen molar-refractivity contribution in [2.24, 2.45) is 0 Å². The summed E-state index contributed by atoms with van der Waals surface area (Å²) in [5.74, 6) is -0.728. The lowest BCUT2D eigenvalue weighted by Gasteiger charge is -2.14. The first kappa shape index (κ1) is 14.0. The van der Waals surface area contributed by atoms with Crippen molar-refractivity contribution < 1.29 is 18.3 Å². The minimum Gasteiger partial charge on any atom is -0.481 e. The highest BCUT2D eigenvalue weighted by Crippen LogP contribution is 2.14. The molecule has 5 heteroatoms. The number of amides is 1. The van der Waals surface area contributed by atoms with E-state index in [1.54, 1.807) is 6.92 Å². The Hall–Kier alpha value is -2.43. The summed E-state index contributed by atoms with van der Waals surface area (Å²) in [7, 11) is 0. The second-order valence-corrected chi connectivity index (χ2v) is 4.21. The maximum absolute atomic E-state index is 12.7. The van der Waals surface area contributed by atoms with Gasteiger partial charge in [-0.2, -0.15) is 0 Å². The van der Waals surface area contributed by atoms with E-state index in [2.05, 4.69) is 5.32 Å². The Morgan fingerprint density at radius 2 is 1.50 bits per heavy atom. The Balaban J connectivity index is 1.94. The quantitative estimate of drug-likeness (QED) is 0.930. The molecule has 104 valence electrons. The van der Waals surface area contributed by atoms with Gasteiger partial charge < -0.3 is 10.1 Å². The van der Waals surface area contributed by atoms with Crippen LogP contribution in [0.4, 0.5) is 14.5 Å². The van der Waals surface area contributed by atoms with Crippen LogP contribution in [-0.4, -0.2) is 12.0 Å². The lowest BCUT2D eigenvalue weighted by Crippen LogP contribution is -2.30. The number of hydrogen-bond acceptors (Lipinski definition) is 2. The zero-order chi connectivity index (χ0) is 14.5. The summed E-state index contributed by atoms with van der Waals surface area (Å²) in [6.07, 6.45) is -0.759. The highest BCUT2D eigenvalue weighted by molar-refractivity contribution is 5.94. The Morgan fingerprint density at radius 3 is 2.05 bits per heavy atom. The number of rotatable bonds is 4. The van der Waals surface area contributed by atoms with Crippen molar-refractivity contribution in [3.63, 3.8) is 0 Å². The molecule has 2 aromatic rings. The second-order valence-electron chi connectivity index (χ2n) is 4.21. The predicted octanol–water partition coefficient (Wildman–Crippen LogP) is 3.37. The van der Waals surface area contributed by atoms with Gasteiger partial charge in [0.2, 0.25) is 0 Å². The van der Waals surface area contributed by atoms with Crippen molar-refractivity contribution in [1.82, 2.24) is 0 Å². The van der Waals surface area contributed by atoms with Crippen molar-refractivity contribution in [3.8, 4) is 5.75 Å². The van der Waals surface area contributed by atoms with E-state index in [4.69, 9.17) is 4.74 Å². The molecule has 0 spiro atoms. The van der Waals surface area contributed by atoms with Crippen LogP contribution in [0, 0.1) is 11.6 Å². The summed E-state index contributed by atoms with van der Waals surface area (Å²) in [6, 6.07) is 10.8. The molecule has 2 rings (SSSR count). The number of hydrogen-bond donors (Lipinski definition) is 1. The smallest absolute Gasteiger partial charge is 0.265 e. The van der Waals surface area contributed by atoms with E-state index in [1.807, 2.05) is 0 Å². The normalized spacial score (nSPS) is 11.8. The molecule has 0 aromatic heterocycles. The number of anilines is 1. The van der Waals surface area contributed by atoms with Gasteiger partial charge in [0.1, 0.15) is 17.4 Å². The van der Waals surface area contributed by atoms with Crippen molar-refractivity contribution in [2.75, 3.05) is 5.32 Å². The predicted molar refractivity (Wildman–Crippen MR) is 71.5 cm³/mol. The number of ether oxygens (including phenoxy) is 1. The fourth-order valence-corrected chi connectivity index (χ4v) is 1.55. The van der Waals surface area contributed by atoms with Gasteiger partial charge in [-0.15, -0.1) is 0 Å². The first-order valence-corrected chi connectivity index (χ1v) is 6.03. The molecule has 1 atom stereocenters. The molecular formula is C15H13F2NO2.